The predicted molar refractivity (Wildman–Crippen MR) is 126 cm³/mol. The van der Waals surface area contributed by atoms with Crippen LogP contribution in [0.3, 0.4) is 0 Å². The predicted octanol–water partition coefficient (Wildman–Crippen LogP) is 1.87. The van der Waals surface area contributed by atoms with Gasteiger partial charge in [0, 0.05) is 18.2 Å². The molecular formula is C16H31N2O14P3Si. The number of phosphoric ester groups is 1. The molecule has 0 aromatic carbocycles. The summed E-state index contributed by atoms with van der Waals surface area (Å²) >= 11 is 0. The number of aryl methyl sites for hydroxylation is 1. The molecule has 5 atom stereocenters. The molecular weight excluding hydrogens is 565 g/mol. The summed E-state index contributed by atoms with van der Waals surface area (Å²) in [6, 6.07) is 0. The molecule has 16 nitrogen and oxygen atoms in total. The largest absolute Gasteiger partial charge is 0.490 e. The van der Waals surface area contributed by atoms with Gasteiger partial charge in [-0.2, -0.15) is 8.62 Å². The molecule has 1 aromatic heterocycles. The van der Waals surface area contributed by atoms with Gasteiger partial charge in [0.25, 0.3) is 5.56 Å². The molecule has 2 rings (SSSR count). The minimum Gasteiger partial charge on any atom is -0.411 e. The fraction of sp³-hybridized carbons (Fsp3) is 0.750. The fourth-order valence-electron chi connectivity index (χ4n) is 2.97. The van der Waals surface area contributed by atoms with Crippen LogP contribution in [0.25, 0.3) is 0 Å². The van der Waals surface area contributed by atoms with Gasteiger partial charge in [-0.25, -0.2) is 18.5 Å². The molecule has 1 aliphatic rings. The molecule has 208 valence electrons. The highest BCUT2D eigenvalue weighted by Gasteiger charge is 2.47. The fourth-order valence-corrected chi connectivity index (χ4v) is 7.36. The molecule has 0 radical (unpaired) electrons. The quantitative estimate of drug-likeness (QED) is 0.192. The van der Waals surface area contributed by atoms with Crippen LogP contribution >= 0.6 is 23.5 Å². The van der Waals surface area contributed by atoms with Gasteiger partial charge >= 0.3 is 29.2 Å². The SMILES string of the molecule is Cc1cn([C@H]2C[C@H](O[Si](C)(C)C(C)(C)C)[C@@H](COP(=O)(O)OP(=O)(O)OP(=O)(O)O)O2)c(=O)[nH]c1=O. The zero-order chi connectivity index (χ0) is 27.9. The Labute approximate surface area is 207 Å². The van der Waals surface area contributed by atoms with E-state index < -0.39 is 68.1 Å². The van der Waals surface area contributed by atoms with Crippen LogP contribution in [0.15, 0.2) is 15.8 Å². The number of H-pyrrole nitrogens is 1. The third-order valence-electron chi connectivity index (χ3n) is 5.71. The third kappa shape index (κ3) is 8.63. The summed E-state index contributed by atoms with van der Waals surface area (Å²) in [6.07, 6.45) is -1.45. The van der Waals surface area contributed by atoms with E-state index in [4.69, 9.17) is 23.5 Å². The van der Waals surface area contributed by atoms with Gasteiger partial charge in [-0.05, 0) is 25.1 Å². The molecule has 1 fully saturated rings. The van der Waals surface area contributed by atoms with Crippen molar-refractivity contribution in [2.45, 2.75) is 70.7 Å². The minimum absolute atomic E-state index is 0.0856. The second-order valence-corrected chi connectivity index (χ2v) is 18.8. The molecule has 0 amide bonds. The topological polar surface area (TPSA) is 233 Å². The van der Waals surface area contributed by atoms with E-state index in [9.17, 15) is 33.1 Å². The zero-order valence-electron chi connectivity index (χ0n) is 20.4. The molecule has 5 N–H and O–H groups in total. The summed E-state index contributed by atoms with van der Waals surface area (Å²) < 4.78 is 60.0. The van der Waals surface area contributed by atoms with Crippen LogP contribution in [-0.2, 0) is 36.0 Å². The lowest BCUT2D eigenvalue weighted by atomic mass is 10.2. The molecule has 1 aliphatic heterocycles. The smallest absolute Gasteiger partial charge is 0.411 e. The van der Waals surface area contributed by atoms with E-state index in [2.05, 4.69) is 13.6 Å². The van der Waals surface area contributed by atoms with Crippen molar-refractivity contribution in [1.82, 2.24) is 9.55 Å². The zero-order valence-corrected chi connectivity index (χ0v) is 24.1. The third-order valence-corrected chi connectivity index (χ3v) is 14.0. The van der Waals surface area contributed by atoms with E-state index in [1.807, 2.05) is 33.9 Å². The summed E-state index contributed by atoms with van der Waals surface area (Å²) in [7, 11) is -19.1. The van der Waals surface area contributed by atoms with Gasteiger partial charge in [-0.1, -0.05) is 20.8 Å². The van der Waals surface area contributed by atoms with Crippen LogP contribution < -0.4 is 11.2 Å². The molecule has 20 heteroatoms. The maximum absolute atomic E-state index is 12.3. The summed E-state index contributed by atoms with van der Waals surface area (Å²) in [5.41, 5.74) is -1.10. The number of rotatable bonds is 10. The van der Waals surface area contributed by atoms with Crippen molar-refractivity contribution in [3.8, 4) is 0 Å². The molecule has 36 heavy (non-hydrogen) atoms. The summed E-state index contributed by atoms with van der Waals surface area (Å²) in [6.45, 7) is 10.6. The maximum atomic E-state index is 12.3. The molecule has 0 spiro atoms. The lowest BCUT2D eigenvalue weighted by Gasteiger charge is -2.39. The Bertz CT molecular complexity index is 1220. The van der Waals surface area contributed by atoms with Gasteiger partial charge in [0.1, 0.15) is 12.3 Å². The van der Waals surface area contributed by atoms with E-state index in [1.54, 1.807) is 0 Å². The number of aromatic nitrogens is 2. The van der Waals surface area contributed by atoms with E-state index in [0.29, 0.717) is 0 Å². The average Bonchev–Trinajstić information content (AvgIpc) is 3.01. The van der Waals surface area contributed by atoms with Crippen molar-refractivity contribution in [1.29, 1.82) is 0 Å². The first kappa shape index (κ1) is 31.4. The maximum Gasteiger partial charge on any atom is 0.490 e. The van der Waals surface area contributed by atoms with Crippen LogP contribution in [0, 0.1) is 6.92 Å². The summed E-state index contributed by atoms with van der Waals surface area (Å²) in [5.74, 6) is 0. The van der Waals surface area contributed by atoms with Gasteiger partial charge in [0.15, 0.2) is 8.32 Å². The average molecular weight is 596 g/mol. The van der Waals surface area contributed by atoms with Crippen molar-refractivity contribution < 1.29 is 55.6 Å². The molecule has 0 bridgehead atoms. The highest BCUT2D eigenvalue weighted by Crippen LogP contribution is 2.66. The lowest BCUT2D eigenvalue weighted by molar-refractivity contribution is -0.0430. The van der Waals surface area contributed by atoms with Gasteiger partial charge in [0.2, 0.25) is 0 Å². The highest BCUT2D eigenvalue weighted by molar-refractivity contribution is 7.66. The Hall–Kier alpha value is -0.773. The number of hydrogen-bond acceptors (Lipinski definition) is 10. The van der Waals surface area contributed by atoms with Gasteiger partial charge in [-0.15, -0.1) is 0 Å². The Kier molecular flexibility index (Phi) is 9.41. The Morgan fingerprint density at radius 1 is 1.11 bits per heavy atom. The number of phosphoric acid groups is 3. The minimum atomic E-state index is -5.69. The van der Waals surface area contributed by atoms with Gasteiger partial charge in [-0.3, -0.25) is 18.9 Å². The van der Waals surface area contributed by atoms with Crippen LogP contribution in [-0.4, -0.2) is 56.3 Å². The van der Waals surface area contributed by atoms with Crippen LogP contribution in [0.2, 0.25) is 18.1 Å². The van der Waals surface area contributed by atoms with E-state index in [0.717, 1.165) is 4.57 Å². The summed E-state index contributed by atoms with van der Waals surface area (Å²) in [4.78, 5) is 62.6. The van der Waals surface area contributed by atoms with Gasteiger partial charge < -0.3 is 28.7 Å². The number of hydrogen-bond donors (Lipinski definition) is 5. The number of ether oxygens (including phenoxy) is 1. The normalized spacial score (nSPS) is 24.9. The first-order valence-electron chi connectivity index (χ1n) is 10.5. The summed E-state index contributed by atoms with van der Waals surface area (Å²) in [5, 5.41) is -0.249. The highest BCUT2D eigenvalue weighted by atomic mass is 31.3. The van der Waals surface area contributed by atoms with Crippen molar-refractivity contribution >= 4 is 31.8 Å². The molecule has 0 aliphatic carbocycles. The van der Waals surface area contributed by atoms with E-state index >= 15 is 0 Å². The van der Waals surface area contributed by atoms with Crippen molar-refractivity contribution in [2.75, 3.05) is 6.61 Å². The standard InChI is InChI=1S/C16H31N2O14P3Si/c1-10-8-18(15(20)17-14(10)19)13-7-11(30-36(5,6)16(2,3)4)12(29-13)9-28-34(24,25)32-35(26,27)31-33(21,22)23/h8,11-13H,7,9H2,1-6H3,(H,24,25)(H,26,27)(H,17,19,20)(H2,21,22,23)/t11-,12+,13+/m0/s1. The monoisotopic (exact) mass is 596 g/mol. The van der Waals surface area contributed by atoms with Crippen LogP contribution in [0.5, 0.6) is 0 Å². The molecule has 1 aromatic rings. The number of aromatic amines is 1. The van der Waals surface area contributed by atoms with Crippen molar-refractivity contribution in [2.24, 2.45) is 0 Å². The van der Waals surface area contributed by atoms with Crippen LogP contribution in [0.4, 0.5) is 0 Å². The van der Waals surface area contributed by atoms with E-state index in [-0.39, 0.29) is 17.0 Å². The van der Waals surface area contributed by atoms with Crippen molar-refractivity contribution in [3.05, 3.63) is 32.6 Å². The second-order valence-electron chi connectivity index (χ2n) is 9.65. The first-order chi connectivity index (χ1) is 16.0. The Balaban J connectivity index is 2.28. The molecule has 1 saturated heterocycles. The van der Waals surface area contributed by atoms with Crippen LogP contribution in [0.1, 0.15) is 39.0 Å². The second kappa shape index (κ2) is 10.8. The number of nitrogens with zero attached hydrogens (tertiary/aromatic N) is 1. The first-order valence-corrected chi connectivity index (χ1v) is 17.9. The van der Waals surface area contributed by atoms with E-state index in [1.165, 1.54) is 13.1 Å². The lowest BCUT2D eigenvalue weighted by Crippen LogP contribution is -2.46. The van der Waals surface area contributed by atoms with Crippen molar-refractivity contribution in [3.63, 3.8) is 0 Å². The number of nitrogens with one attached hydrogen (secondary N) is 1. The molecule has 2 unspecified atom stereocenters. The Morgan fingerprint density at radius 3 is 2.22 bits per heavy atom. The molecule has 2 heterocycles. The van der Waals surface area contributed by atoms with Gasteiger partial charge in [0.05, 0.1) is 12.7 Å². The molecule has 0 saturated carbocycles. The Morgan fingerprint density at radius 2 is 1.69 bits per heavy atom.